The van der Waals surface area contributed by atoms with Gasteiger partial charge in [-0.15, -0.1) is 0 Å². The van der Waals surface area contributed by atoms with Crippen LogP contribution in [-0.2, 0) is 5.41 Å². The summed E-state index contributed by atoms with van der Waals surface area (Å²) in [5.41, 5.74) is 6.89. The molecule has 2 aromatic carbocycles. The highest BCUT2D eigenvalue weighted by molar-refractivity contribution is 5.55. The molecule has 0 heterocycles. The highest BCUT2D eigenvalue weighted by atomic mass is 16.3. The summed E-state index contributed by atoms with van der Waals surface area (Å²) in [6.45, 7) is 24.7. The molecule has 0 amide bonds. The van der Waals surface area contributed by atoms with Crippen LogP contribution >= 0.6 is 0 Å². The van der Waals surface area contributed by atoms with Crippen LogP contribution in [0, 0.1) is 11.3 Å². The van der Waals surface area contributed by atoms with Gasteiger partial charge in [0.15, 0.2) is 0 Å². The first-order valence-electron chi connectivity index (χ1n) is 13.8. The van der Waals surface area contributed by atoms with Crippen molar-refractivity contribution >= 4 is 0 Å². The molecule has 1 aliphatic carbocycles. The molecule has 0 saturated heterocycles. The van der Waals surface area contributed by atoms with Crippen molar-refractivity contribution in [1.29, 1.82) is 0 Å². The number of phenols is 2. The summed E-state index contributed by atoms with van der Waals surface area (Å²) in [5, 5.41) is 22.4. The quantitative estimate of drug-likeness (QED) is 0.434. The standard InChI is InChI=1S/C33H50O2/c1-19(2)26-12-24(13-27(20(3)4)30(26)34)33(17-23(9)16-32(10,11)18-33)25-14-28(21(5)6)31(35)29(15-25)22(7)8/h12-15,19-23,34-35H,16-18H2,1-11H3. The van der Waals surface area contributed by atoms with Crippen LogP contribution in [0.1, 0.15) is 152 Å². The normalized spacial score (nSPS) is 19.8. The Kier molecular flexibility index (Phi) is 7.76. The summed E-state index contributed by atoms with van der Waals surface area (Å²) in [7, 11) is 0. The molecule has 2 aromatic rings. The van der Waals surface area contributed by atoms with Gasteiger partial charge in [0, 0.05) is 5.41 Å². The lowest BCUT2D eigenvalue weighted by atomic mass is 9.55. The predicted octanol–water partition coefficient (Wildman–Crippen LogP) is 9.72. The molecule has 0 radical (unpaired) electrons. The van der Waals surface area contributed by atoms with E-state index in [2.05, 4.69) is 100 Å². The van der Waals surface area contributed by atoms with Gasteiger partial charge >= 0.3 is 0 Å². The maximum Gasteiger partial charge on any atom is 0.122 e. The number of phenolic OH excluding ortho intramolecular Hbond substituents is 2. The summed E-state index contributed by atoms with van der Waals surface area (Å²) >= 11 is 0. The smallest absolute Gasteiger partial charge is 0.122 e. The first-order chi connectivity index (χ1) is 16.1. The van der Waals surface area contributed by atoms with Crippen LogP contribution in [-0.4, -0.2) is 10.2 Å². The maximum atomic E-state index is 11.2. The zero-order valence-electron chi connectivity index (χ0n) is 24.2. The molecule has 2 heteroatoms. The molecule has 2 nitrogen and oxygen atoms in total. The molecular weight excluding hydrogens is 428 g/mol. The van der Waals surface area contributed by atoms with Crippen LogP contribution in [0.2, 0.25) is 0 Å². The fourth-order valence-corrected chi connectivity index (χ4v) is 6.85. The van der Waals surface area contributed by atoms with Crippen LogP contribution in [0.5, 0.6) is 11.5 Å². The maximum absolute atomic E-state index is 11.2. The Hall–Kier alpha value is -1.96. The van der Waals surface area contributed by atoms with Crippen molar-refractivity contribution in [3.05, 3.63) is 57.6 Å². The molecule has 35 heavy (non-hydrogen) atoms. The van der Waals surface area contributed by atoms with E-state index in [4.69, 9.17) is 0 Å². The first kappa shape index (κ1) is 27.6. The van der Waals surface area contributed by atoms with Gasteiger partial charge in [-0.25, -0.2) is 0 Å². The van der Waals surface area contributed by atoms with Gasteiger partial charge in [-0.1, -0.05) is 100 Å². The highest BCUT2D eigenvalue weighted by Gasteiger charge is 2.46. The lowest BCUT2D eigenvalue weighted by molar-refractivity contribution is 0.126. The number of rotatable bonds is 6. The molecule has 1 atom stereocenters. The molecule has 0 bridgehead atoms. The van der Waals surface area contributed by atoms with Crippen LogP contribution in [0.15, 0.2) is 24.3 Å². The average Bonchev–Trinajstić information content (AvgIpc) is 2.71. The van der Waals surface area contributed by atoms with E-state index in [0.717, 1.165) is 35.1 Å². The van der Waals surface area contributed by atoms with Gasteiger partial charge in [0.1, 0.15) is 11.5 Å². The Labute approximate surface area is 215 Å². The first-order valence-corrected chi connectivity index (χ1v) is 13.8. The Bertz CT molecular complexity index is 927. The van der Waals surface area contributed by atoms with Crippen molar-refractivity contribution in [1.82, 2.24) is 0 Å². The van der Waals surface area contributed by atoms with Crippen molar-refractivity contribution in [3.63, 3.8) is 0 Å². The third-order valence-corrected chi connectivity index (χ3v) is 8.31. The molecule has 194 valence electrons. The van der Waals surface area contributed by atoms with Gasteiger partial charge in [0.05, 0.1) is 0 Å². The fraction of sp³-hybridized carbons (Fsp3) is 0.636. The summed E-state index contributed by atoms with van der Waals surface area (Å²) in [4.78, 5) is 0. The van der Waals surface area contributed by atoms with Crippen molar-refractivity contribution < 1.29 is 10.2 Å². The molecule has 0 spiro atoms. The predicted molar refractivity (Wildman–Crippen MR) is 150 cm³/mol. The summed E-state index contributed by atoms with van der Waals surface area (Å²) in [6, 6.07) is 9.21. The van der Waals surface area contributed by atoms with Crippen molar-refractivity contribution in [2.24, 2.45) is 11.3 Å². The minimum atomic E-state index is -0.164. The van der Waals surface area contributed by atoms with E-state index in [1.54, 1.807) is 0 Å². The lowest BCUT2D eigenvalue weighted by Gasteiger charge is -2.49. The van der Waals surface area contributed by atoms with E-state index in [1.807, 2.05) is 0 Å². The molecule has 3 rings (SSSR count). The third kappa shape index (κ3) is 5.27. The summed E-state index contributed by atoms with van der Waals surface area (Å²) in [5.74, 6) is 2.50. The van der Waals surface area contributed by atoms with Gasteiger partial charge < -0.3 is 10.2 Å². The zero-order chi connectivity index (χ0) is 26.5. The Morgan fingerprint density at radius 3 is 1.20 bits per heavy atom. The molecule has 1 fully saturated rings. The Morgan fingerprint density at radius 1 is 0.629 bits per heavy atom. The molecule has 2 N–H and O–H groups in total. The highest BCUT2D eigenvalue weighted by Crippen LogP contribution is 2.56. The third-order valence-electron chi connectivity index (χ3n) is 8.31. The van der Waals surface area contributed by atoms with Crippen molar-refractivity contribution in [3.8, 4) is 11.5 Å². The van der Waals surface area contributed by atoms with Crippen LogP contribution in [0.25, 0.3) is 0 Å². The zero-order valence-corrected chi connectivity index (χ0v) is 24.2. The SMILES string of the molecule is CC1CC(C)(C)CC(c2cc(C(C)C)c(O)c(C(C)C)c2)(c2cc(C(C)C)c(O)c(C(C)C)c2)C1. The molecule has 1 aliphatic rings. The van der Waals surface area contributed by atoms with Gasteiger partial charge in [-0.05, 0) is 87.6 Å². The van der Waals surface area contributed by atoms with E-state index in [1.165, 1.54) is 17.5 Å². The largest absolute Gasteiger partial charge is 0.507 e. The van der Waals surface area contributed by atoms with Gasteiger partial charge in [0.2, 0.25) is 0 Å². The van der Waals surface area contributed by atoms with E-state index in [9.17, 15) is 10.2 Å². The number of hydrogen-bond donors (Lipinski definition) is 2. The Morgan fingerprint density at radius 2 is 0.943 bits per heavy atom. The number of hydrogen-bond acceptors (Lipinski definition) is 2. The molecule has 1 unspecified atom stereocenters. The van der Waals surface area contributed by atoms with E-state index < -0.39 is 0 Å². The van der Waals surface area contributed by atoms with Crippen molar-refractivity contribution in [2.45, 2.75) is 125 Å². The minimum Gasteiger partial charge on any atom is -0.507 e. The van der Waals surface area contributed by atoms with Crippen LogP contribution in [0.3, 0.4) is 0 Å². The summed E-state index contributed by atoms with van der Waals surface area (Å²) in [6.07, 6.45) is 3.35. The second-order valence-electron chi connectivity index (χ2n) is 13.6. The van der Waals surface area contributed by atoms with E-state index >= 15 is 0 Å². The van der Waals surface area contributed by atoms with Crippen LogP contribution < -0.4 is 0 Å². The fourth-order valence-electron chi connectivity index (χ4n) is 6.85. The molecular formula is C33H50O2. The number of aromatic hydroxyl groups is 2. The van der Waals surface area contributed by atoms with Gasteiger partial charge in [-0.2, -0.15) is 0 Å². The van der Waals surface area contributed by atoms with E-state index in [-0.39, 0.29) is 34.5 Å². The molecule has 0 aliphatic heterocycles. The van der Waals surface area contributed by atoms with E-state index in [0.29, 0.717) is 17.4 Å². The summed E-state index contributed by atoms with van der Waals surface area (Å²) < 4.78 is 0. The molecule has 0 aromatic heterocycles. The minimum absolute atomic E-state index is 0.164. The van der Waals surface area contributed by atoms with Crippen molar-refractivity contribution in [2.75, 3.05) is 0 Å². The monoisotopic (exact) mass is 478 g/mol. The number of benzene rings is 2. The van der Waals surface area contributed by atoms with Crippen LogP contribution in [0.4, 0.5) is 0 Å². The second kappa shape index (κ2) is 9.83. The lowest BCUT2D eigenvalue weighted by Crippen LogP contribution is -2.41. The second-order valence-corrected chi connectivity index (χ2v) is 13.6. The van der Waals surface area contributed by atoms with Gasteiger partial charge in [-0.3, -0.25) is 0 Å². The van der Waals surface area contributed by atoms with Gasteiger partial charge in [0.25, 0.3) is 0 Å². The average molecular weight is 479 g/mol. The molecule has 1 saturated carbocycles. The Balaban J connectivity index is 2.45. The topological polar surface area (TPSA) is 40.5 Å².